The Balaban J connectivity index is 1.95. The highest BCUT2D eigenvalue weighted by atomic mass is 16.6. The molecule has 33 heavy (non-hydrogen) atoms. The zero-order valence-corrected chi connectivity index (χ0v) is 18.2. The highest BCUT2D eigenvalue weighted by Gasteiger charge is 2.29. The first-order valence-electron chi connectivity index (χ1n) is 9.88. The number of amides is 1. The zero-order valence-electron chi connectivity index (χ0n) is 18.2. The molecule has 0 spiro atoms. The molecule has 0 heterocycles. The molecule has 1 atom stereocenters. The van der Waals surface area contributed by atoms with Gasteiger partial charge in [0.25, 0.3) is 11.6 Å². The number of hydrogen-bond acceptors (Lipinski definition) is 7. The van der Waals surface area contributed by atoms with Gasteiger partial charge in [0.1, 0.15) is 11.3 Å². The zero-order chi connectivity index (χ0) is 24.0. The molecule has 3 aromatic rings. The number of esters is 1. The standard InChI is InChI=1S/C24H22N2O7/c1-15-12-13-18(19(14-15)26(29)30)25-23(27)21(16-8-5-4-6-9-16)33-24(28)17-10-7-11-20(31-2)22(17)32-3/h4-14,21H,1-3H3,(H,25,27). The smallest absolute Gasteiger partial charge is 0.343 e. The second-order valence-electron chi connectivity index (χ2n) is 7.00. The molecule has 3 rings (SSSR count). The summed E-state index contributed by atoms with van der Waals surface area (Å²) in [5.74, 6) is -1.09. The van der Waals surface area contributed by atoms with E-state index in [0.717, 1.165) is 0 Å². The predicted molar refractivity (Wildman–Crippen MR) is 121 cm³/mol. The number of carbonyl (C=O) groups is 2. The summed E-state index contributed by atoms with van der Waals surface area (Å²) < 4.78 is 16.1. The van der Waals surface area contributed by atoms with Crippen LogP contribution in [-0.4, -0.2) is 31.0 Å². The quantitative estimate of drug-likeness (QED) is 0.306. The molecular formula is C24H22N2O7. The molecule has 0 aliphatic carbocycles. The Bertz CT molecular complexity index is 1180. The average molecular weight is 450 g/mol. The average Bonchev–Trinajstić information content (AvgIpc) is 2.83. The molecule has 0 bridgehead atoms. The maximum Gasteiger partial charge on any atom is 0.343 e. The summed E-state index contributed by atoms with van der Waals surface area (Å²) in [6.45, 7) is 1.70. The van der Waals surface area contributed by atoms with E-state index < -0.39 is 22.9 Å². The van der Waals surface area contributed by atoms with Crippen LogP contribution in [0.25, 0.3) is 0 Å². The lowest BCUT2D eigenvalue weighted by molar-refractivity contribution is -0.384. The van der Waals surface area contributed by atoms with Crippen LogP contribution >= 0.6 is 0 Å². The Hall–Kier alpha value is -4.40. The minimum Gasteiger partial charge on any atom is -0.493 e. The topological polar surface area (TPSA) is 117 Å². The van der Waals surface area contributed by atoms with Crippen LogP contribution in [0.5, 0.6) is 11.5 Å². The fourth-order valence-corrected chi connectivity index (χ4v) is 3.22. The summed E-state index contributed by atoms with van der Waals surface area (Å²) in [5, 5.41) is 13.9. The van der Waals surface area contributed by atoms with Crippen molar-refractivity contribution in [2.75, 3.05) is 19.5 Å². The van der Waals surface area contributed by atoms with E-state index in [1.54, 1.807) is 55.5 Å². The van der Waals surface area contributed by atoms with Crippen molar-refractivity contribution in [3.8, 4) is 11.5 Å². The summed E-state index contributed by atoms with van der Waals surface area (Å²) in [7, 11) is 2.81. The Kier molecular flexibility index (Phi) is 7.24. The van der Waals surface area contributed by atoms with Crippen molar-refractivity contribution in [3.63, 3.8) is 0 Å². The first-order valence-corrected chi connectivity index (χ1v) is 9.88. The van der Waals surface area contributed by atoms with Gasteiger partial charge in [0, 0.05) is 11.6 Å². The fourth-order valence-electron chi connectivity index (χ4n) is 3.22. The minimum atomic E-state index is -1.38. The molecule has 170 valence electrons. The van der Waals surface area contributed by atoms with E-state index in [1.807, 2.05) is 0 Å². The molecule has 3 aromatic carbocycles. The molecule has 1 unspecified atom stereocenters. The van der Waals surface area contributed by atoms with Gasteiger partial charge in [0.05, 0.1) is 19.1 Å². The lowest BCUT2D eigenvalue weighted by atomic mass is 10.1. The fraction of sp³-hybridized carbons (Fsp3) is 0.167. The van der Waals surface area contributed by atoms with Crippen LogP contribution < -0.4 is 14.8 Å². The maximum atomic E-state index is 13.2. The lowest BCUT2D eigenvalue weighted by Gasteiger charge is -2.19. The molecule has 0 saturated heterocycles. The van der Waals surface area contributed by atoms with E-state index in [4.69, 9.17) is 14.2 Å². The van der Waals surface area contributed by atoms with Crippen LogP contribution in [0, 0.1) is 17.0 Å². The van der Waals surface area contributed by atoms with Crippen LogP contribution in [0.15, 0.2) is 66.7 Å². The van der Waals surface area contributed by atoms with E-state index in [-0.39, 0.29) is 22.7 Å². The largest absolute Gasteiger partial charge is 0.493 e. The number of hydrogen-bond donors (Lipinski definition) is 1. The second-order valence-corrected chi connectivity index (χ2v) is 7.00. The molecule has 0 fully saturated rings. The Morgan fingerprint density at radius 2 is 1.70 bits per heavy atom. The number of nitro groups is 1. The second kappa shape index (κ2) is 10.3. The molecule has 9 nitrogen and oxygen atoms in total. The van der Waals surface area contributed by atoms with E-state index in [0.29, 0.717) is 16.9 Å². The molecule has 0 aliphatic heterocycles. The molecule has 0 aromatic heterocycles. The summed E-state index contributed by atoms with van der Waals surface area (Å²) in [4.78, 5) is 37.0. The number of methoxy groups -OCH3 is 2. The van der Waals surface area contributed by atoms with Gasteiger partial charge in [-0.3, -0.25) is 14.9 Å². The van der Waals surface area contributed by atoms with E-state index in [2.05, 4.69) is 5.32 Å². The lowest BCUT2D eigenvalue weighted by Crippen LogP contribution is -2.26. The van der Waals surface area contributed by atoms with Crippen molar-refractivity contribution >= 4 is 23.3 Å². The van der Waals surface area contributed by atoms with Crippen molar-refractivity contribution in [2.24, 2.45) is 0 Å². The third kappa shape index (κ3) is 5.27. The van der Waals surface area contributed by atoms with Crippen molar-refractivity contribution in [2.45, 2.75) is 13.0 Å². The molecule has 0 saturated carbocycles. The van der Waals surface area contributed by atoms with E-state index in [1.165, 1.54) is 32.4 Å². The monoisotopic (exact) mass is 450 g/mol. The number of benzene rings is 3. The highest BCUT2D eigenvalue weighted by molar-refractivity contribution is 6.00. The van der Waals surface area contributed by atoms with Crippen LogP contribution in [0.1, 0.15) is 27.6 Å². The Morgan fingerprint density at radius 3 is 2.33 bits per heavy atom. The van der Waals surface area contributed by atoms with Gasteiger partial charge in [-0.2, -0.15) is 0 Å². The van der Waals surface area contributed by atoms with Gasteiger partial charge < -0.3 is 19.5 Å². The van der Waals surface area contributed by atoms with Gasteiger partial charge in [-0.05, 0) is 30.7 Å². The Morgan fingerprint density at radius 1 is 0.970 bits per heavy atom. The van der Waals surface area contributed by atoms with Gasteiger partial charge in [0.15, 0.2) is 11.5 Å². The number of nitro benzene ring substituents is 1. The summed E-state index contributed by atoms with van der Waals surface area (Å²) in [6, 6.07) is 17.4. The number of nitrogens with zero attached hydrogens (tertiary/aromatic N) is 1. The highest BCUT2D eigenvalue weighted by Crippen LogP contribution is 2.33. The van der Waals surface area contributed by atoms with Gasteiger partial charge in [-0.15, -0.1) is 0 Å². The number of anilines is 1. The number of rotatable bonds is 8. The maximum absolute atomic E-state index is 13.2. The normalized spacial score (nSPS) is 11.2. The summed E-state index contributed by atoms with van der Waals surface area (Å²) in [5.41, 5.74) is 0.838. The van der Waals surface area contributed by atoms with Gasteiger partial charge >= 0.3 is 5.97 Å². The van der Waals surface area contributed by atoms with Crippen LogP contribution in [-0.2, 0) is 9.53 Å². The third-order valence-electron chi connectivity index (χ3n) is 4.80. The predicted octanol–water partition coefficient (Wildman–Crippen LogP) is 4.46. The van der Waals surface area contributed by atoms with Crippen LogP contribution in [0.3, 0.4) is 0 Å². The van der Waals surface area contributed by atoms with Crippen molar-refractivity contribution in [3.05, 3.63) is 93.5 Å². The van der Waals surface area contributed by atoms with Crippen molar-refractivity contribution in [1.82, 2.24) is 0 Å². The number of carbonyl (C=O) groups excluding carboxylic acids is 2. The van der Waals surface area contributed by atoms with E-state index >= 15 is 0 Å². The molecule has 0 radical (unpaired) electrons. The van der Waals surface area contributed by atoms with Crippen LogP contribution in [0.4, 0.5) is 11.4 Å². The van der Waals surface area contributed by atoms with Gasteiger partial charge in [0.2, 0.25) is 6.10 Å². The molecule has 1 N–H and O–H groups in total. The van der Waals surface area contributed by atoms with Gasteiger partial charge in [-0.1, -0.05) is 42.5 Å². The number of para-hydroxylation sites is 1. The molecule has 1 amide bonds. The number of aryl methyl sites for hydroxylation is 1. The SMILES string of the molecule is COc1cccc(C(=O)OC(C(=O)Nc2ccc(C)cc2[N+](=O)[O-])c2ccccc2)c1OC. The van der Waals surface area contributed by atoms with Crippen molar-refractivity contribution in [1.29, 1.82) is 0 Å². The Labute approximate surface area is 190 Å². The summed E-state index contributed by atoms with van der Waals surface area (Å²) >= 11 is 0. The molecule has 0 aliphatic rings. The van der Waals surface area contributed by atoms with E-state index in [9.17, 15) is 19.7 Å². The minimum absolute atomic E-state index is 0.00783. The first-order chi connectivity index (χ1) is 15.8. The molecule has 9 heteroatoms. The van der Waals surface area contributed by atoms with Gasteiger partial charge in [-0.25, -0.2) is 4.79 Å². The third-order valence-corrected chi connectivity index (χ3v) is 4.80. The van der Waals surface area contributed by atoms with Crippen molar-refractivity contribution < 1.29 is 28.7 Å². The number of ether oxygens (including phenoxy) is 3. The van der Waals surface area contributed by atoms with Crippen LogP contribution in [0.2, 0.25) is 0 Å². The summed E-state index contributed by atoms with van der Waals surface area (Å²) in [6.07, 6.45) is -1.38. The molecular weight excluding hydrogens is 428 g/mol. The number of nitrogens with one attached hydrogen (secondary N) is 1. The first kappa shape index (κ1) is 23.3.